The van der Waals surface area contributed by atoms with Crippen LogP contribution in [0.2, 0.25) is 0 Å². The molecule has 1 heterocycles. The molecule has 1 atom stereocenters. The smallest absolute Gasteiger partial charge is 0.143 e. The van der Waals surface area contributed by atoms with Crippen LogP contribution in [-0.2, 0) is 0 Å². The molecular formula is C10H12FNO. The number of rotatable bonds is 1. The van der Waals surface area contributed by atoms with Crippen molar-refractivity contribution in [1.29, 1.82) is 0 Å². The summed E-state index contributed by atoms with van der Waals surface area (Å²) in [6.45, 7) is 2.83. The normalized spacial score (nSPS) is 20.0. The fourth-order valence-electron chi connectivity index (χ4n) is 1.42. The lowest BCUT2D eigenvalue weighted by Gasteiger charge is -2.26. The van der Waals surface area contributed by atoms with Gasteiger partial charge in [0, 0.05) is 6.07 Å². The van der Waals surface area contributed by atoms with Crippen molar-refractivity contribution in [3.63, 3.8) is 0 Å². The molecule has 0 saturated carbocycles. The number of hydrogen-bond donors (Lipinski definition) is 1. The third kappa shape index (κ3) is 1.59. The highest BCUT2D eigenvalue weighted by molar-refractivity contribution is 5.58. The highest BCUT2D eigenvalue weighted by atomic mass is 19.1. The first-order chi connectivity index (χ1) is 6.29. The van der Waals surface area contributed by atoms with E-state index < -0.39 is 0 Å². The second kappa shape index (κ2) is 3.24. The molecule has 0 amide bonds. The first-order valence-electron chi connectivity index (χ1n) is 4.49. The van der Waals surface area contributed by atoms with E-state index in [1.165, 1.54) is 12.1 Å². The van der Waals surface area contributed by atoms with E-state index in [9.17, 15) is 4.39 Å². The minimum Gasteiger partial charge on any atom is -0.486 e. The Labute approximate surface area is 76.7 Å². The summed E-state index contributed by atoms with van der Waals surface area (Å²) in [5.41, 5.74) is 0.754. The van der Waals surface area contributed by atoms with Crippen molar-refractivity contribution in [2.45, 2.75) is 19.4 Å². The van der Waals surface area contributed by atoms with Gasteiger partial charge in [0.05, 0.1) is 12.2 Å². The summed E-state index contributed by atoms with van der Waals surface area (Å²) in [4.78, 5) is 0. The van der Waals surface area contributed by atoms with E-state index in [1.807, 2.05) is 0 Å². The monoisotopic (exact) mass is 181 g/mol. The van der Waals surface area contributed by atoms with E-state index in [-0.39, 0.29) is 11.9 Å². The first kappa shape index (κ1) is 8.35. The molecule has 1 aromatic carbocycles. The number of nitrogens with one attached hydrogen (secondary N) is 1. The van der Waals surface area contributed by atoms with Gasteiger partial charge >= 0.3 is 0 Å². The molecule has 1 aliphatic heterocycles. The molecule has 13 heavy (non-hydrogen) atoms. The van der Waals surface area contributed by atoms with E-state index in [0.717, 1.165) is 24.4 Å². The van der Waals surface area contributed by atoms with Gasteiger partial charge in [-0.25, -0.2) is 4.39 Å². The molecule has 0 aliphatic carbocycles. The largest absolute Gasteiger partial charge is 0.486 e. The van der Waals surface area contributed by atoms with Crippen molar-refractivity contribution in [1.82, 2.24) is 0 Å². The van der Waals surface area contributed by atoms with Gasteiger partial charge in [-0.05, 0) is 18.6 Å². The third-order valence-electron chi connectivity index (χ3n) is 2.21. The fraction of sp³-hybridized carbons (Fsp3) is 0.400. The van der Waals surface area contributed by atoms with Crippen LogP contribution in [0, 0.1) is 5.82 Å². The fourth-order valence-corrected chi connectivity index (χ4v) is 1.42. The van der Waals surface area contributed by atoms with Gasteiger partial charge < -0.3 is 10.1 Å². The molecule has 1 aromatic rings. The Morgan fingerprint density at radius 2 is 2.46 bits per heavy atom. The molecule has 3 heteroatoms. The number of ether oxygens (including phenoxy) is 1. The number of halogens is 1. The molecule has 0 radical (unpaired) electrons. The number of fused-ring (bicyclic) bond motifs is 1. The van der Waals surface area contributed by atoms with Crippen molar-refractivity contribution in [2.75, 3.05) is 11.9 Å². The Morgan fingerprint density at radius 1 is 1.62 bits per heavy atom. The number of benzene rings is 1. The molecule has 1 unspecified atom stereocenters. The van der Waals surface area contributed by atoms with E-state index in [2.05, 4.69) is 12.2 Å². The Kier molecular flexibility index (Phi) is 2.08. The van der Waals surface area contributed by atoms with Crippen molar-refractivity contribution in [2.24, 2.45) is 0 Å². The lowest BCUT2D eigenvalue weighted by atomic mass is 10.2. The molecule has 1 N–H and O–H groups in total. The van der Waals surface area contributed by atoms with Gasteiger partial charge in [-0.3, -0.25) is 0 Å². The van der Waals surface area contributed by atoms with Gasteiger partial charge in [0.1, 0.15) is 17.7 Å². The summed E-state index contributed by atoms with van der Waals surface area (Å²) in [7, 11) is 0. The van der Waals surface area contributed by atoms with E-state index in [1.54, 1.807) is 6.07 Å². The van der Waals surface area contributed by atoms with Crippen LogP contribution in [0.4, 0.5) is 10.1 Å². The summed E-state index contributed by atoms with van der Waals surface area (Å²) >= 11 is 0. The zero-order valence-electron chi connectivity index (χ0n) is 7.51. The molecule has 70 valence electrons. The van der Waals surface area contributed by atoms with E-state index in [4.69, 9.17) is 4.74 Å². The van der Waals surface area contributed by atoms with Crippen LogP contribution in [0.15, 0.2) is 18.2 Å². The van der Waals surface area contributed by atoms with Gasteiger partial charge in [0.25, 0.3) is 0 Å². The van der Waals surface area contributed by atoms with Crippen LogP contribution in [0.3, 0.4) is 0 Å². The number of hydrogen-bond acceptors (Lipinski definition) is 2. The Hall–Kier alpha value is -1.25. The molecule has 0 fully saturated rings. The van der Waals surface area contributed by atoms with Crippen LogP contribution >= 0.6 is 0 Å². The van der Waals surface area contributed by atoms with Gasteiger partial charge in [0.15, 0.2) is 0 Å². The highest BCUT2D eigenvalue weighted by Crippen LogP contribution is 2.29. The van der Waals surface area contributed by atoms with Crippen molar-refractivity contribution < 1.29 is 9.13 Å². The summed E-state index contributed by atoms with van der Waals surface area (Å²) in [5.74, 6) is 0.518. The summed E-state index contributed by atoms with van der Waals surface area (Å²) in [6, 6.07) is 4.54. The average molecular weight is 181 g/mol. The van der Waals surface area contributed by atoms with Gasteiger partial charge in [0.2, 0.25) is 0 Å². The molecule has 2 rings (SSSR count). The minimum absolute atomic E-state index is 0.206. The van der Waals surface area contributed by atoms with Crippen LogP contribution < -0.4 is 10.1 Å². The highest BCUT2D eigenvalue weighted by Gasteiger charge is 2.17. The zero-order valence-corrected chi connectivity index (χ0v) is 7.51. The maximum Gasteiger partial charge on any atom is 0.143 e. The maximum atomic E-state index is 12.8. The second-order valence-corrected chi connectivity index (χ2v) is 3.17. The lowest BCUT2D eigenvalue weighted by molar-refractivity contribution is 0.201. The van der Waals surface area contributed by atoms with Crippen LogP contribution in [-0.4, -0.2) is 12.6 Å². The Bertz CT molecular complexity index is 314. The summed E-state index contributed by atoms with van der Waals surface area (Å²) < 4.78 is 18.4. The maximum absolute atomic E-state index is 12.8. The van der Waals surface area contributed by atoms with E-state index in [0.29, 0.717) is 0 Å². The quantitative estimate of drug-likeness (QED) is 0.718. The van der Waals surface area contributed by atoms with Crippen LogP contribution in [0.1, 0.15) is 13.3 Å². The standard InChI is InChI=1S/C10H12FNO/c1-2-8-6-12-9-5-7(11)3-4-10(9)13-8/h3-5,8,12H,2,6H2,1H3. The van der Waals surface area contributed by atoms with Gasteiger partial charge in [-0.2, -0.15) is 0 Å². The predicted molar refractivity (Wildman–Crippen MR) is 49.6 cm³/mol. The average Bonchev–Trinajstić information content (AvgIpc) is 2.17. The first-order valence-corrected chi connectivity index (χ1v) is 4.49. The lowest BCUT2D eigenvalue weighted by Crippen LogP contribution is -2.29. The molecule has 2 nitrogen and oxygen atoms in total. The minimum atomic E-state index is -0.232. The summed E-state index contributed by atoms with van der Waals surface area (Å²) in [5, 5.41) is 3.14. The van der Waals surface area contributed by atoms with Crippen LogP contribution in [0.25, 0.3) is 0 Å². The zero-order chi connectivity index (χ0) is 9.26. The topological polar surface area (TPSA) is 21.3 Å². The van der Waals surface area contributed by atoms with E-state index >= 15 is 0 Å². The van der Waals surface area contributed by atoms with Crippen molar-refractivity contribution in [3.8, 4) is 5.75 Å². The van der Waals surface area contributed by atoms with Crippen molar-refractivity contribution in [3.05, 3.63) is 24.0 Å². The van der Waals surface area contributed by atoms with Gasteiger partial charge in [-0.1, -0.05) is 6.92 Å². The number of anilines is 1. The molecule has 0 bridgehead atoms. The third-order valence-corrected chi connectivity index (χ3v) is 2.21. The van der Waals surface area contributed by atoms with Crippen molar-refractivity contribution >= 4 is 5.69 Å². The molecule has 0 spiro atoms. The molecule has 0 aromatic heterocycles. The SMILES string of the molecule is CCC1CNc2cc(F)ccc2O1. The Morgan fingerprint density at radius 3 is 3.23 bits per heavy atom. The second-order valence-electron chi connectivity index (χ2n) is 3.17. The predicted octanol–water partition coefficient (Wildman–Crippen LogP) is 2.41. The molecule has 1 aliphatic rings. The summed E-state index contributed by atoms with van der Waals surface area (Å²) in [6.07, 6.45) is 1.17. The van der Waals surface area contributed by atoms with Crippen LogP contribution in [0.5, 0.6) is 5.75 Å². The van der Waals surface area contributed by atoms with Gasteiger partial charge in [-0.15, -0.1) is 0 Å². The Balaban J connectivity index is 2.26. The molecule has 0 saturated heterocycles. The molecular weight excluding hydrogens is 169 g/mol.